The van der Waals surface area contributed by atoms with Gasteiger partial charge in [-0.25, -0.2) is 9.18 Å². The van der Waals surface area contributed by atoms with Gasteiger partial charge in [0, 0.05) is 17.8 Å². The van der Waals surface area contributed by atoms with E-state index in [9.17, 15) is 18.8 Å². The van der Waals surface area contributed by atoms with Crippen LogP contribution < -0.4 is 0 Å². The number of nitrogens with one attached hydrogen (secondary N) is 1. The molecule has 8 heteroatoms. The highest BCUT2D eigenvalue weighted by Gasteiger charge is 2.32. The molecule has 1 heterocycles. The largest absolute Gasteiger partial charge is 0.464 e. The maximum atomic E-state index is 13.6. The lowest BCUT2D eigenvalue weighted by Crippen LogP contribution is -2.43. The molecule has 0 bridgehead atoms. The van der Waals surface area contributed by atoms with Crippen LogP contribution in [0.4, 0.5) is 4.39 Å². The van der Waals surface area contributed by atoms with E-state index in [4.69, 9.17) is 16.3 Å². The minimum Gasteiger partial charge on any atom is -0.464 e. The van der Waals surface area contributed by atoms with Gasteiger partial charge in [0.05, 0.1) is 23.7 Å². The second kappa shape index (κ2) is 10.0. The van der Waals surface area contributed by atoms with Gasteiger partial charge in [-0.05, 0) is 56.2 Å². The van der Waals surface area contributed by atoms with Crippen LogP contribution >= 0.6 is 11.6 Å². The average Bonchev–Trinajstić information content (AvgIpc) is 3.10. The Hall–Kier alpha value is -3.45. The Balaban J connectivity index is 2.02. The molecule has 0 aliphatic rings. The number of halogens is 2. The Kier molecular flexibility index (Phi) is 7.33. The zero-order chi connectivity index (χ0) is 24.3. The van der Waals surface area contributed by atoms with Crippen molar-refractivity contribution < 1.29 is 23.5 Å². The molecule has 1 atom stereocenters. The van der Waals surface area contributed by atoms with Crippen LogP contribution in [-0.2, 0) is 11.3 Å². The average molecular weight is 471 g/mol. The van der Waals surface area contributed by atoms with E-state index in [-0.39, 0.29) is 28.6 Å². The zero-order valence-corrected chi connectivity index (χ0v) is 19.5. The van der Waals surface area contributed by atoms with Gasteiger partial charge < -0.3 is 14.6 Å². The fourth-order valence-corrected chi connectivity index (χ4v) is 3.95. The summed E-state index contributed by atoms with van der Waals surface area (Å²) < 4.78 is 18.2. The highest BCUT2D eigenvalue weighted by atomic mass is 35.5. The molecule has 0 aliphatic carbocycles. The molecule has 0 saturated heterocycles. The van der Waals surface area contributed by atoms with Gasteiger partial charge in [0.15, 0.2) is 5.78 Å². The number of methoxy groups -OCH3 is 1. The number of amides is 1. The molecule has 3 rings (SSSR count). The molecule has 0 aliphatic heterocycles. The first-order valence-corrected chi connectivity index (χ1v) is 10.6. The lowest BCUT2D eigenvalue weighted by atomic mass is 9.98. The number of esters is 1. The van der Waals surface area contributed by atoms with Gasteiger partial charge in [0.1, 0.15) is 11.5 Å². The number of ether oxygens (including phenoxy) is 1. The van der Waals surface area contributed by atoms with E-state index in [2.05, 4.69) is 4.98 Å². The van der Waals surface area contributed by atoms with Crippen molar-refractivity contribution in [3.05, 3.63) is 93.0 Å². The quantitative estimate of drug-likeness (QED) is 0.383. The predicted octanol–water partition coefficient (Wildman–Crippen LogP) is 5.12. The first-order valence-electron chi connectivity index (χ1n) is 10.3. The summed E-state index contributed by atoms with van der Waals surface area (Å²) in [4.78, 5) is 43.4. The fourth-order valence-electron chi connectivity index (χ4n) is 3.74. The van der Waals surface area contributed by atoms with E-state index in [1.807, 2.05) is 0 Å². The van der Waals surface area contributed by atoms with Crippen LogP contribution in [-0.4, -0.2) is 40.7 Å². The maximum Gasteiger partial charge on any atom is 0.354 e. The Morgan fingerprint density at radius 2 is 1.73 bits per heavy atom. The number of rotatable bonds is 7. The van der Waals surface area contributed by atoms with E-state index < -0.39 is 23.7 Å². The lowest BCUT2D eigenvalue weighted by molar-refractivity contribution is 0.0592. The van der Waals surface area contributed by atoms with Crippen molar-refractivity contribution in [3.8, 4) is 0 Å². The molecule has 172 valence electrons. The van der Waals surface area contributed by atoms with Gasteiger partial charge >= 0.3 is 5.97 Å². The number of carbonyl (C=O) groups excluding carboxylic acids is 3. The molecule has 6 nitrogen and oxygen atoms in total. The van der Waals surface area contributed by atoms with Gasteiger partial charge in [0.2, 0.25) is 0 Å². The van der Waals surface area contributed by atoms with Crippen molar-refractivity contribution in [2.75, 3.05) is 7.11 Å². The van der Waals surface area contributed by atoms with Crippen molar-refractivity contribution in [2.24, 2.45) is 0 Å². The number of Topliss-reactive ketones (excluding diaryl/α,β-unsaturated/α-hetero) is 1. The maximum absolute atomic E-state index is 13.6. The van der Waals surface area contributed by atoms with E-state index in [1.165, 1.54) is 24.1 Å². The number of nitrogens with zero attached hydrogens (tertiary/aromatic N) is 1. The number of aryl methyl sites for hydroxylation is 1. The number of hydrogen-bond donors (Lipinski definition) is 1. The van der Waals surface area contributed by atoms with Crippen molar-refractivity contribution in [2.45, 2.75) is 33.4 Å². The molecule has 0 unspecified atom stereocenters. The van der Waals surface area contributed by atoms with Crippen LogP contribution in [0.2, 0.25) is 5.02 Å². The van der Waals surface area contributed by atoms with Crippen LogP contribution in [0.1, 0.15) is 54.9 Å². The SMILES string of the molecule is COC(=O)c1[nH]c(C)c(C(=O)[C@H](C)N(Cc2ccc(F)cc2)C(=O)c2ccccc2Cl)c1C. The molecule has 1 N–H and O–H groups in total. The molecule has 1 amide bonds. The van der Waals surface area contributed by atoms with Gasteiger partial charge in [-0.15, -0.1) is 0 Å². The molecule has 0 fully saturated rings. The van der Waals surface area contributed by atoms with Crippen LogP contribution in [0.5, 0.6) is 0 Å². The summed E-state index contributed by atoms with van der Waals surface area (Å²) in [5.41, 5.74) is 2.35. The third kappa shape index (κ3) is 4.98. The molecular formula is C25H24ClFN2O4. The van der Waals surface area contributed by atoms with E-state index >= 15 is 0 Å². The molecule has 1 aromatic heterocycles. The highest BCUT2D eigenvalue weighted by Crippen LogP contribution is 2.25. The zero-order valence-electron chi connectivity index (χ0n) is 18.7. The summed E-state index contributed by atoms with van der Waals surface area (Å²) >= 11 is 6.25. The van der Waals surface area contributed by atoms with Crippen LogP contribution in [0.3, 0.4) is 0 Å². The second-order valence-corrected chi connectivity index (χ2v) is 8.10. The van der Waals surface area contributed by atoms with Gasteiger partial charge in [0.25, 0.3) is 5.91 Å². The van der Waals surface area contributed by atoms with Gasteiger partial charge in [-0.3, -0.25) is 9.59 Å². The van der Waals surface area contributed by atoms with E-state index in [0.717, 1.165) is 0 Å². The number of benzene rings is 2. The Labute approximate surface area is 196 Å². The molecule has 2 aromatic carbocycles. The molecular weight excluding hydrogens is 447 g/mol. The van der Waals surface area contributed by atoms with Crippen LogP contribution in [0.15, 0.2) is 48.5 Å². The number of H-pyrrole nitrogens is 1. The molecule has 33 heavy (non-hydrogen) atoms. The number of carbonyl (C=O) groups is 3. The summed E-state index contributed by atoms with van der Waals surface area (Å²) in [5.74, 6) is -1.78. The number of aromatic amines is 1. The summed E-state index contributed by atoms with van der Waals surface area (Å²) in [7, 11) is 1.26. The second-order valence-electron chi connectivity index (χ2n) is 7.70. The van der Waals surface area contributed by atoms with Crippen LogP contribution in [0, 0.1) is 19.7 Å². The molecule has 0 saturated carbocycles. The van der Waals surface area contributed by atoms with Crippen LogP contribution in [0.25, 0.3) is 0 Å². The van der Waals surface area contributed by atoms with Crippen molar-refractivity contribution in [1.29, 1.82) is 0 Å². The van der Waals surface area contributed by atoms with Crippen molar-refractivity contribution in [3.63, 3.8) is 0 Å². The lowest BCUT2D eigenvalue weighted by Gasteiger charge is -2.29. The Bertz CT molecular complexity index is 1200. The van der Waals surface area contributed by atoms with Crippen molar-refractivity contribution in [1.82, 2.24) is 9.88 Å². The van der Waals surface area contributed by atoms with E-state index in [1.54, 1.807) is 57.2 Å². The van der Waals surface area contributed by atoms with Gasteiger partial charge in [-0.1, -0.05) is 35.9 Å². The summed E-state index contributed by atoms with van der Waals surface area (Å²) in [5, 5.41) is 0.258. The standard InChI is InChI=1S/C25H24ClFN2O4/c1-14-21(15(2)28-22(14)25(32)33-4)23(30)16(3)29(13-17-9-11-18(27)12-10-17)24(31)19-7-5-6-8-20(19)26/h5-12,16,28H,13H2,1-4H3/t16-/m0/s1. The van der Waals surface area contributed by atoms with E-state index in [0.29, 0.717) is 22.4 Å². The summed E-state index contributed by atoms with van der Waals surface area (Å²) in [6.07, 6.45) is 0. The predicted molar refractivity (Wildman–Crippen MR) is 123 cm³/mol. The number of ketones is 1. The minimum atomic E-state index is -0.905. The first-order chi connectivity index (χ1) is 15.6. The Morgan fingerprint density at radius 1 is 1.09 bits per heavy atom. The van der Waals surface area contributed by atoms with Crippen molar-refractivity contribution >= 4 is 29.3 Å². The van der Waals surface area contributed by atoms with Gasteiger partial charge in [-0.2, -0.15) is 0 Å². The third-order valence-corrected chi connectivity index (χ3v) is 5.88. The molecule has 3 aromatic rings. The summed E-state index contributed by atoms with van der Waals surface area (Å²) in [6.45, 7) is 5.00. The summed E-state index contributed by atoms with van der Waals surface area (Å²) in [6, 6.07) is 11.4. The monoisotopic (exact) mass is 470 g/mol. The minimum absolute atomic E-state index is 0.0591. The fraction of sp³-hybridized carbons (Fsp3) is 0.240. The molecule has 0 spiro atoms. The highest BCUT2D eigenvalue weighted by molar-refractivity contribution is 6.33. The molecule has 0 radical (unpaired) electrons. The normalized spacial score (nSPS) is 11.7. The number of hydrogen-bond acceptors (Lipinski definition) is 4. The first kappa shape index (κ1) is 24.2. The smallest absolute Gasteiger partial charge is 0.354 e. The number of aromatic nitrogens is 1. The Morgan fingerprint density at radius 3 is 2.33 bits per heavy atom. The topological polar surface area (TPSA) is 79.5 Å². The third-order valence-electron chi connectivity index (χ3n) is 5.55.